The first kappa shape index (κ1) is 18.2. The van der Waals surface area contributed by atoms with Gasteiger partial charge in [-0.25, -0.2) is 4.79 Å². The fraction of sp³-hybridized carbons (Fsp3) is 0.0476. The van der Waals surface area contributed by atoms with E-state index in [1.54, 1.807) is 65.8 Å². The molecular weight excluding hydrogens is 374 g/mol. The van der Waals surface area contributed by atoms with E-state index in [1.165, 1.54) is 18.5 Å². The standard InChI is InChI=1S/C21H15N3O5/c25-21(26)17-13-23(14-7-9-22-10-8-14)19(20-6-3-11-29-20)12-16(17)15-4-1-2-5-18(15)24(27)28/h1-13,16H,(H,25,26). The van der Waals surface area contributed by atoms with E-state index in [9.17, 15) is 20.0 Å². The van der Waals surface area contributed by atoms with Crippen LogP contribution >= 0.6 is 0 Å². The van der Waals surface area contributed by atoms with Crippen molar-refractivity contribution in [2.24, 2.45) is 0 Å². The summed E-state index contributed by atoms with van der Waals surface area (Å²) in [5.41, 5.74) is 1.42. The molecule has 0 saturated heterocycles. The minimum absolute atomic E-state index is 0.00594. The highest BCUT2D eigenvalue weighted by atomic mass is 16.6. The lowest BCUT2D eigenvalue weighted by atomic mass is 9.86. The van der Waals surface area contributed by atoms with E-state index < -0.39 is 16.8 Å². The maximum absolute atomic E-state index is 12.1. The number of anilines is 1. The monoisotopic (exact) mass is 389 g/mol. The molecule has 1 aliphatic rings. The van der Waals surface area contributed by atoms with Gasteiger partial charge in [0.2, 0.25) is 0 Å². The molecule has 3 heterocycles. The van der Waals surface area contributed by atoms with Crippen LogP contribution in [0.2, 0.25) is 0 Å². The van der Waals surface area contributed by atoms with Crippen molar-refractivity contribution in [2.75, 3.05) is 4.90 Å². The summed E-state index contributed by atoms with van der Waals surface area (Å²) in [7, 11) is 0. The Morgan fingerprint density at radius 1 is 1.14 bits per heavy atom. The molecule has 0 saturated carbocycles. The Labute approximate surface area is 165 Å². The summed E-state index contributed by atoms with van der Waals surface area (Å²) in [6.07, 6.45) is 7.84. The second-order valence-corrected chi connectivity index (χ2v) is 6.29. The third kappa shape index (κ3) is 3.39. The Balaban J connectivity index is 1.93. The number of pyridine rings is 1. The molecule has 1 atom stereocenters. The van der Waals surface area contributed by atoms with Crippen molar-refractivity contribution in [3.8, 4) is 0 Å². The van der Waals surface area contributed by atoms with Gasteiger partial charge in [-0.2, -0.15) is 0 Å². The van der Waals surface area contributed by atoms with Crippen LogP contribution in [0.25, 0.3) is 5.70 Å². The molecule has 2 aromatic heterocycles. The largest absolute Gasteiger partial charge is 0.478 e. The molecular formula is C21H15N3O5. The van der Waals surface area contributed by atoms with E-state index in [4.69, 9.17) is 4.42 Å². The van der Waals surface area contributed by atoms with Crippen LogP contribution in [0.5, 0.6) is 0 Å². The van der Waals surface area contributed by atoms with Crippen LogP contribution in [0.4, 0.5) is 11.4 Å². The third-order valence-corrected chi connectivity index (χ3v) is 4.62. The molecule has 0 radical (unpaired) electrons. The van der Waals surface area contributed by atoms with Crippen molar-refractivity contribution >= 4 is 23.0 Å². The van der Waals surface area contributed by atoms with Crippen LogP contribution in [0, 0.1) is 10.1 Å². The van der Waals surface area contributed by atoms with Crippen LogP contribution in [-0.2, 0) is 4.79 Å². The average Bonchev–Trinajstić information content (AvgIpc) is 3.28. The average molecular weight is 389 g/mol. The van der Waals surface area contributed by atoms with Gasteiger partial charge in [-0.1, -0.05) is 18.2 Å². The van der Waals surface area contributed by atoms with E-state index in [2.05, 4.69) is 4.98 Å². The summed E-state index contributed by atoms with van der Waals surface area (Å²) < 4.78 is 5.55. The number of furan rings is 1. The van der Waals surface area contributed by atoms with Gasteiger partial charge in [0, 0.05) is 41.8 Å². The van der Waals surface area contributed by atoms with Crippen molar-refractivity contribution in [2.45, 2.75) is 5.92 Å². The highest BCUT2D eigenvalue weighted by Crippen LogP contribution is 2.41. The molecule has 8 nitrogen and oxygen atoms in total. The van der Waals surface area contributed by atoms with E-state index in [0.29, 0.717) is 22.7 Å². The first-order valence-electron chi connectivity index (χ1n) is 8.69. The van der Waals surface area contributed by atoms with Crippen molar-refractivity contribution in [3.05, 3.63) is 106 Å². The van der Waals surface area contributed by atoms with Gasteiger partial charge in [0.25, 0.3) is 5.69 Å². The van der Waals surface area contributed by atoms with Crippen molar-refractivity contribution in [1.29, 1.82) is 0 Å². The summed E-state index contributed by atoms with van der Waals surface area (Å²) in [5, 5.41) is 21.4. The van der Waals surface area contributed by atoms with Gasteiger partial charge >= 0.3 is 5.97 Å². The lowest BCUT2D eigenvalue weighted by Crippen LogP contribution is -2.25. The molecule has 29 heavy (non-hydrogen) atoms. The van der Waals surface area contributed by atoms with Crippen LogP contribution in [0.3, 0.4) is 0 Å². The highest BCUT2D eigenvalue weighted by molar-refractivity contribution is 5.95. The zero-order chi connectivity index (χ0) is 20.4. The van der Waals surface area contributed by atoms with Gasteiger partial charge in [-0.05, 0) is 30.3 Å². The Hall–Kier alpha value is -4.20. The smallest absolute Gasteiger partial charge is 0.334 e. The number of nitro benzene ring substituents is 1. The fourth-order valence-corrected chi connectivity index (χ4v) is 3.32. The van der Waals surface area contributed by atoms with Crippen molar-refractivity contribution in [3.63, 3.8) is 0 Å². The zero-order valence-corrected chi connectivity index (χ0v) is 15.0. The molecule has 4 rings (SSSR count). The normalized spacial score (nSPS) is 16.1. The molecule has 1 aromatic carbocycles. The predicted molar refractivity (Wildman–Crippen MR) is 105 cm³/mol. The quantitative estimate of drug-likeness (QED) is 0.514. The molecule has 1 aliphatic heterocycles. The number of carboxylic acid groups (broad SMARTS) is 1. The molecule has 0 amide bonds. The number of aliphatic carboxylic acids is 1. The molecule has 1 unspecified atom stereocenters. The number of carboxylic acids is 1. The summed E-state index contributed by atoms with van der Waals surface area (Å²) in [6, 6.07) is 13.1. The molecule has 0 bridgehead atoms. The summed E-state index contributed by atoms with van der Waals surface area (Å²) in [4.78, 5) is 28.7. The van der Waals surface area contributed by atoms with Crippen LogP contribution in [-0.4, -0.2) is 21.0 Å². The van der Waals surface area contributed by atoms with E-state index in [0.717, 1.165) is 0 Å². The Morgan fingerprint density at radius 2 is 1.90 bits per heavy atom. The number of allylic oxidation sites excluding steroid dienone is 1. The SMILES string of the molecule is O=C(O)C1=CN(c2ccncc2)C(c2ccco2)=CC1c1ccccc1[N+](=O)[O-]. The molecule has 144 valence electrons. The number of para-hydroxylation sites is 1. The third-order valence-electron chi connectivity index (χ3n) is 4.62. The Kier molecular flexibility index (Phi) is 4.66. The fourth-order valence-electron chi connectivity index (χ4n) is 3.32. The first-order chi connectivity index (χ1) is 14.1. The van der Waals surface area contributed by atoms with Gasteiger partial charge in [0.05, 0.1) is 22.5 Å². The van der Waals surface area contributed by atoms with E-state index in [-0.39, 0.29) is 11.3 Å². The predicted octanol–water partition coefficient (Wildman–Crippen LogP) is 4.20. The summed E-state index contributed by atoms with van der Waals surface area (Å²) in [5.74, 6) is -1.49. The minimum Gasteiger partial charge on any atom is -0.478 e. The molecule has 0 aliphatic carbocycles. The van der Waals surface area contributed by atoms with Gasteiger partial charge in [0.1, 0.15) is 5.76 Å². The number of hydrogen-bond acceptors (Lipinski definition) is 6. The number of rotatable bonds is 5. The Morgan fingerprint density at radius 3 is 2.55 bits per heavy atom. The maximum atomic E-state index is 12.1. The molecule has 8 heteroatoms. The molecule has 3 aromatic rings. The van der Waals surface area contributed by atoms with E-state index >= 15 is 0 Å². The van der Waals surface area contributed by atoms with Gasteiger partial charge in [-0.3, -0.25) is 15.1 Å². The second kappa shape index (κ2) is 7.43. The van der Waals surface area contributed by atoms with Gasteiger partial charge < -0.3 is 14.4 Å². The van der Waals surface area contributed by atoms with E-state index in [1.807, 2.05) is 0 Å². The van der Waals surface area contributed by atoms with Crippen LogP contribution < -0.4 is 4.90 Å². The van der Waals surface area contributed by atoms with Gasteiger partial charge in [-0.15, -0.1) is 0 Å². The highest BCUT2D eigenvalue weighted by Gasteiger charge is 2.33. The second-order valence-electron chi connectivity index (χ2n) is 6.29. The topological polar surface area (TPSA) is 110 Å². The summed E-state index contributed by atoms with van der Waals surface area (Å²) in [6.45, 7) is 0. The minimum atomic E-state index is -1.16. The summed E-state index contributed by atoms with van der Waals surface area (Å²) >= 11 is 0. The number of carbonyl (C=O) groups is 1. The Bertz CT molecular complexity index is 1120. The molecule has 0 spiro atoms. The lowest BCUT2D eigenvalue weighted by Gasteiger charge is -2.30. The number of hydrogen-bond donors (Lipinski definition) is 1. The first-order valence-corrected chi connectivity index (χ1v) is 8.69. The molecule has 0 fully saturated rings. The van der Waals surface area contributed by atoms with Crippen molar-refractivity contribution < 1.29 is 19.2 Å². The number of nitro groups is 1. The van der Waals surface area contributed by atoms with Crippen LogP contribution in [0.15, 0.2) is 89.5 Å². The number of aromatic nitrogens is 1. The maximum Gasteiger partial charge on any atom is 0.334 e. The number of benzene rings is 1. The molecule has 1 N–H and O–H groups in total. The zero-order valence-electron chi connectivity index (χ0n) is 15.0. The number of nitrogens with zero attached hydrogens (tertiary/aromatic N) is 3. The van der Waals surface area contributed by atoms with Crippen molar-refractivity contribution in [1.82, 2.24) is 4.98 Å². The van der Waals surface area contributed by atoms with Gasteiger partial charge in [0.15, 0.2) is 0 Å². The van der Waals surface area contributed by atoms with Crippen LogP contribution in [0.1, 0.15) is 17.2 Å². The lowest BCUT2D eigenvalue weighted by molar-refractivity contribution is -0.385.